The molecular formula is C18H16N4O4S. The average molecular weight is 384 g/mol. The molecule has 3 rings (SSSR count). The number of anilines is 2. The van der Waals surface area contributed by atoms with Gasteiger partial charge >= 0.3 is 5.97 Å². The first-order chi connectivity index (χ1) is 13.0. The van der Waals surface area contributed by atoms with E-state index in [9.17, 15) is 14.4 Å². The number of methoxy groups -OCH3 is 1. The molecule has 8 nitrogen and oxygen atoms in total. The van der Waals surface area contributed by atoms with Crippen molar-refractivity contribution in [2.45, 2.75) is 0 Å². The third-order valence-corrected chi connectivity index (χ3v) is 4.51. The first-order valence-corrected chi connectivity index (χ1v) is 8.74. The average Bonchev–Trinajstić information content (AvgIpc) is 3.32. The molecule has 138 valence electrons. The molecule has 0 saturated carbocycles. The highest BCUT2D eigenvalue weighted by Gasteiger charge is 2.16. The Bertz CT molecular complexity index is 995. The summed E-state index contributed by atoms with van der Waals surface area (Å²) >= 11 is 1.32. The molecule has 2 aromatic heterocycles. The summed E-state index contributed by atoms with van der Waals surface area (Å²) in [6.45, 7) is 0. The zero-order valence-electron chi connectivity index (χ0n) is 14.6. The summed E-state index contributed by atoms with van der Waals surface area (Å²) in [7, 11) is 2.91. The van der Waals surface area contributed by atoms with Crippen molar-refractivity contribution in [3.8, 4) is 0 Å². The number of aryl methyl sites for hydroxylation is 1. The number of carbonyl (C=O) groups excluding carboxylic acids is 3. The molecule has 2 heterocycles. The van der Waals surface area contributed by atoms with Crippen molar-refractivity contribution in [2.75, 3.05) is 17.7 Å². The molecule has 0 aliphatic rings. The summed E-state index contributed by atoms with van der Waals surface area (Å²) in [4.78, 5) is 36.7. The van der Waals surface area contributed by atoms with Crippen LogP contribution in [0.2, 0.25) is 0 Å². The van der Waals surface area contributed by atoms with Crippen LogP contribution in [-0.4, -0.2) is 34.7 Å². The summed E-state index contributed by atoms with van der Waals surface area (Å²) in [5.41, 5.74) is 0.875. The van der Waals surface area contributed by atoms with Crippen molar-refractivity contribution in [1.82, 2.24) is 9.78 Å². The molecule has 3 aromatic rings. The van der Waals surface area contributed by atoms with E-state index < -0.39 is 11.9 Å². The maximum absolute atomic E-state index is 12.4. The van der Waals surface area contributed by atoms with Crippen molar-refractivity contribution in [3.05, 3.63) is 64.0 Å². The van der Waals surface area contributed by atoms with Gasteiger partial charge in [-0.15, -0.1) is 11.3 Å². The van der Waals surface area contributed by atoms with Crippen molar-refractivity contribution in [2.24, 2.45) is 7.05 Å². The van der Waals surface area contributed by atoms with E-state index in [1.807, 2.05) is 0 Å². The topological polar surface area (TPSA) is 102 Å². The van der Waals surface area contributed by atoms with Crippen LogP contribution in [0.25, 0.3) is 0 Å². The number of aromatic nitrogens is 2. The van der Waals surface area contributed by atoms with Crippen LogP contribution in [0.1, 0.15) is 30.5 Å². The fourth-order valence-corrected chi connectivity index (χ4v) is 2.94. The first kappa shape index (κ1) is 18.3. The second kappa shape index (κ2) is 7.83. The summed E-state index contributed by atoms with van der Waals surface area (Å²) in [5, 5.41) is 11.3. The van der Waals surface area contributed by atoms with Crippen LogP contribution in [0.15, 0.2) is 47.8 Å². The summed E-state index contributed by atoms with van der Waals surface area (Å²) < 4.78 is 6.07. The number of hydrogen-bond acceptors (Lipinski definition) is 6. The van der Waals surface area contributed by atoms with Crippen LogP contribution < -0.4 is 10.6 Å². The predicted molar refractivity (Wildman–Crippen MR) is 101 cm³/mol. The molecule has 0 aliphatic heterocycles. The number of carbonyl (C=O) groups is 3. The number of nitrogens with zero attached hydrogens (tertiary/aromatic N) is 2. The lowest BCUT2D eigenvalue weighted by atomic mass is 10.2. The number of amides is 2. The smallest absolute Gasteiger partial charge is 0.337 e. The third kappa shape index (κ3) is 4.21. The second-order valence-corrected chi connectivity index (χ2v) is 6.44. The Morgan fingerprint density at radius 1 is 1.07 bits per heavy atom. The van der Waals surface area contributed by atoms with Crippen LogP contribution in [0.3, 0.4) is 0 Å². The lowest BCUT2D eigenvalue weighted by Gasteiger charge is -2.05. The molecule has 0 bridgehead atoms. The molecule has 2 N–H and O–H groups in total. The standard InChI is InChI=1S/C18H16N4O4S/c1-22-15(20-17(24)14-7-4-8-27-14)10-13(21-22)16(23)19-12-6-3-5-11(9-12)18(25)26-2/h3-10H,1-2H3,(H,19,23)(H,20,24). The molecule has 0 unspecified atom stereocenters. The van der Waals surface area contributed by atoms with Gasteiger partial charge in [-0.25, -0.2) is 4.79 Å². The van der Waals surface area contributed by atoms with Crippen LogP contribution in [0.5, 0.6) is 0 Å². The van der Waals surface area contributed by atoms with Gasteiger partial charge in [0.2, 0.25) is 0 Å². The highest BCUT2D eigenvalue weighted by Crippen LogP contribution is 2.16. The van der Waals surface area contributed by atoms with Crippen molar-refractivity contribution >= 4 is 40.6 Å². The van der Waals surface area contributed by atoms with E-state index in [1.54, 1.807) is 42.8 Å². The van der Waals surface area contributed by atoms with Crippen LogP contribution in [0.4, 0.5) is 11.5 Å². The van der Waals surface area contributed by atoms with E-state index in [2.05, 4.69) is 20.5 Å². The zero-order chi connectivity index (χ0) is 19.4. The molecule has 0 fully saturated rings. The fourth-order valence-electron chi connectivity index (χ4n) is 2.32. The van der Waals surface area contributed by atoms with Crippen molar-refractivity contribution in [3.63, 3.8) is 0 Å². The van der Waals surface area contributed by atoms with Crippen LogP contribution >= 0.6 is 11.3 Å². The number of ether oxygens (including phenoxy) is 1. The second-order valence-electron chi connectivity index (χ2n) is 5.50. The molecule has 0 spiro atoms. The zero-order valence-corrected chi connectivity index (χ0v) is 15.4. The van der Waals surface area contributed by atoms with Gasteiger partial charge in [-0.3, -0.25) is 14.3 Å². The number of thiophene rings is 1. The Morgan fingerprint density at radius 3 is 2.59 bits per heavy atom. The minimum atomic E-state index is -0.498. The van der Waals surface area contributed by atoms with Gasteiger partial charge in [0.05, 0.1) is 17.6 Å². The van der Waals surface area contributed by atoms with E-state index in [0.29, 0.717) is 21.9 Å². The minimum Gasteiger partial charge on any atom is -0.465 e. The van der Waals surface area contributed by atoms with Gasteiger partial charge < -0.3 is 15.4 Å². The molecule has 0 aliphatic carbocycles. The monoisotopic (exact) mass is 384 g/mol. The Labute approximate surface area is 158 Å². The Kier molecular flexibility index (Phi) is 5.32. The van der Waals surface area contributed by atoms with E-state index in [4.69, 9.17) is 0 Å². The normalized spacial score (nSPS) is 10.3. The molecule has 9 heteroatoms. The number of nitrogens with one attached hydrogen (secondary N) is 2. The number of benzene rings is 1. The van der Waals surface area contributed by atoms with Crippen molar-refractivity contribution in [1.29, 1.82) is 0 Å². The summed E-state index contributed by atoms with van der Waals surface area (Å²) in [6, 6.07) is 11.3. The van der Waals surface area contributed by atoms with Gasteiger partial charge in [-0.2, -0.15) is 5.10 Å². The summed E-state index contributed by atoms with van der Waals surface area (Å²) in [5.74, 6) is -0.848. The number of esters is 1. The van der Waals surface area contributed by atoms with E-state index in [-0.39, 0.29) is 11.6 Å². The Hall–Kier alpha value is -3.46. The molecule has 27 heavy (non-hydrogen) atoms. The predicted octanol–water partition coefficient (Wildman–Crippen LogP) is 2.77. The Morgan fingerprint density at radius 2 is 1.89 bits per heavy atom. The molecule has 2 amide bonds. The van der Waals surface area contributed by atoms with Gasteiger partial charge in [0.15, 0.2) is 5.69 Å². The molecule has 0 atom stereocenters. The molecule has 1 aromatic carbocycles. The molecular weight excluding hydrogens is 368 g/mol. The highest BCUT2D eigenvalue weighted by molar-refractivity contribution is 7.12. The van der Waals surface area contributed by atoms with Gasteiger partial charge in [0.1, 0.15) is 5.82 Å². The van der Waals surface area contributed by atoms with Gasteiger partial charge in [0.25, 0.3) is 11.8 Å². The Balaban J connectivity index is 1.72. The maximum atomic E-state index is 12.4. The lowest BCUT2D eigenvalue weighted by molar-refractivity contribution is 0.0600. The molecule has 0 saturated heterocycles. The number of hydrogen-bond donors (Lipinski definition) is 2. The SMILES string of the molecule is COC(=O)c1cccc(NC(=O)c2cc(NC(=O)c3cccs3)n(C)n2)c1. The maximum Gasteiger partial charge on any atom is 0.337 e. The van der Waals surface area contributed by atoms with Gasteiger partial charge in [-0.05, 0) is 29.6 Å². The molecule has 0 radical (unpaired) electrons. The largest absolute Gasteiger partial charge is 0.465 e. The first-order valence-electron chi connectivity index (χ1n) is 7.86. The van der Waals surface area contributed by atoms with Crippen LogP contribution in [0, 0.1) is 0 Å². The van der Waals surface area contributed by atoms with E-state index in [0.717, 1.165) is 0 Å². The minimum absolute atomic E-state index is 0.127. The van der Waals surface area contributed by atoms with E-state index >= 15 is 0 Å². The third-order valence-electron chi connectivity index (χ3n) is 3.64. The highest BCUT2D eigenvalue weighted by atomic mass is 32.1. The van der Waals surface area contributed by atoms with Gasteiger partial charge in [0, 0.05) is 18.8 Å². The number of rotatable bonds is 5. The summed E-state index contributed by atoms with van der Waals surface area (Å²) in [6.07, 6.45) is 0. The van der Waals surface area contributed by atoms with Gasteiger partial charge in [-0.1, -0.05) is 12.1 Å². The fraction of sp³-hybridized carbons (Fsp3) is 0.111. The quantitative estimate of drug-likeness (QED) is 0.659. The lowest BCUT2D eigenvalue weighted by Crippen LogP contribution is -2.13. The van der Waals surface area contributed by atoms with E-state index in [1.165, 1.54) is 35.3 Å². The van der Waals surface area contributed by atoms with Crippen molar-refractivity contribution < 1.29 is 19.1 Å². The van der Waals surface area contributed by atoms with Crippen LogP contribution in [-0.2, 0) is 11.8 Å².